The molecule has 0 spiro atoms. The SMILES string of the molecule is COc1ccc(CN[C@H](C)C2(OC(=O)O)CC2)cc1. The van der Waals surface area contributed by atoms with E-state index in [0.717, 1.165) is 24.2 Å². The maximum absolute atomic E-state index is 10.6. The van der Waals surface area contributed by atoms with Crippen molar-refractivity contribution < 1.29 is 19.4 Å². The minimum absolute atomic E-state index is 0.00528. The van der Waals surface area contributed by atoms with Crippen molar-refractivity contribution in [3.8, 4) is 5.75 Å². The number of ether oxygens (including phenoxy) is 2. The molecule has 0 saturated heterocycles. The first-order valence-electron chi connectivity index (χ1n) is 6.34. The lowest BCUT2D eigenvalue weighted by Gasteiger charge is -2.23. The van der Waals surface area contributed by atoms with Gasteiger partial charge in [0.05, 0.1) is 7.11 Å². The van der Waals surface area contributed by atoms with E-state index in [1.165, 1.54) is 0 Å². The first-order chi connectivity index (χ1) is 9.05. The Morgan fingerprint density at radius 3 is 2.53 bits per heavy atom. The molecule has 0 radical (unpaired) electrons. The summed E-state index contributed by atoms with van der Waals surface area (Å²) in [6.45, 7) is 2.63. The quantitative estimate of drug-likeness (QED) is 0.773. The Balaban J connectivity index is 1.86. The number of methoxy groups -OCH3 is 1. The van der Waals surface area contributed by atoms with Crippen molar-refractivity contribution in [3.05, 3.63) is 29.8 Å². The molecule has 0 amide bonds. The van der Waals surface area contributed by atoms with E-state index in [0.29, 0.717) is 6.54 Å². The number of hydrogen-bond acceptors (Lipinski definition) is 4. The fourth-order valence-electron chi connectivity index (χ4n) is 2.12. The molecule has 0 bridgehead atoms. The van der Waals surface area contributed by atoms with Crippen LogP contribution in [0.3, 0.4) is 0 Å². The molecule has 0 heterocycles. The van der Waals surface area contributed by atoms with Gasteiger partial charge in [0.15, 0.2) is 0 Å². The molecule has 2 N–H and O–H groups in total. The zero-order valence-corrected chi connectivity index (χ0v) is 11.2. The molecule has 1 atom stereocenters. The lowest BCUT2D eigenvalue weighted by molar-refractivity contribution is 0.0226. The second kappa shape index (κ2) is 5.48. The Hall–Kier alpha value is -1.75. The molecule has 5 nitrogen and oxygen atoms in total. The number of benzene rings is 1. The van der Waals surface area contributed by atoms with E-state index < -0.39 is 11.8 Å². The highest BCUT2D eigenvalue weighted by Gasteiger charge is 2.51. The van der Waals surface area contributed by atoms with Crippen LogP contribution in [0, 0.1) is 0 Å². The lowest BCUT2D eigenvalue weighted by atomic mass is 10.1. The fraction of sp³-hybridized carbons (Fsp3) is 0.500. The van der Waals surface area contributed by atoms with Gasteiger partial charge in [-0.05, 0) is 37.5 Å². The van der Waals surface area contributed by atoms with Crippen molar-refractivity contribution in [1.82, 2.24) is 5.32 Å². The van der Waals surface area contributed by atoms with Crippen LogP contribution in [-0.2, 0) is 11.3 Å². The third-order valence-electron chi connectivity index (χ3n) is 3.59. The van der Waals surface area contributed by atoms with Gasteiger partial charge in [0.1, 0.15) is 11.4 Å². The van der Waals surface area contributed by atoms with Gasteiger partial charge in [0.25, 0.3) is 0 Å². The van der Waals surface area contributed by atoms with Crippen molar-refractivity contribution in [3.63, 3.8) is 0 Å². The Bertz CT molecular complexity index is 439. The van der Waals surface area contributed by atoms with Gasteiger partial charge in [0, 0.05) is 12.6 Å². The predicted octanol–water partition coefficient (Wildman–Crippen LogP) is 2.40. The zero-order chi connectivity index (χ0) is 13.9. The van der Waals surface area contributed by atoms with Gasteiger partial charge in [-0.25, -0.2) is 4.79 Å². The Kier molecular flexibility index (Phi) is 3.95. The van der Waals surface area contributed by atoms with Crippen molar-refractivity contribution >= 4 is 6.16 Å². The second-order valence-electron chi connectivity index (χ2n) is 4.88. The number of carboxylic acid groups (broad SMARTS) is 1. The smallest absolute Gasteiger partial charge is 0.497 e. The maximum Gasteiger partial charge on any atom is 0.506 e. The minimum atomic E-state index is -1.20. The summed E-state index contributed by atoms with van der Waals surface area (Å²) in [5.74, 6) is 0.824. The van der Waals surface area contributed by atoms with Gasteiger partial charge in [-0.15, -0.1) is 0 Å². The topological polar surface area (TPSA) is 67.8 Å². The van der Waals surface area contributed by atoms with Crippen LogP contribution < -0.4 is 10.1 Å². The monoisotopic (exact) mass is 265 g/mol. The van der Waals surface area contributed by atoms with Crippen LogP contribution in [0.25, 0.3) is 0 Å². The maximum atomic E-state index is 10.6. The molecular weight excluding hydrogens is 246 g/mol. The van der Waals surface area contributed by atoms with Gasteiger partial charge in [0.2, 0.25) is 0 Å². The van der Waals surface area contributed by atoms with Crippen LogP contribution in [0.1, 0.15) is 25.3 Å². The molecule has 2 rings (SSSR count). The average molecular weight is 265 g/mol. The van der Waals surface area contributed by atoms with E-state index >= 15 is 0 Å². The summed E-state index contributed by atoms with van der Waals surface area (Å²) in [7, 11) is 1.63. The summed E-state index contributed by atoms with van der Waals surface area (Å²) in [6, 6.07) is 7.78. The van der Waals surface area contributed by atoms with Crippen LogP contribution >= 0.6 is 0 Å². The molecule has 5 heteroatoms. The van der Waals surface area contributed by atoms with Crippen LogP contribution in [0.4, 0.5) is 4.79 Å². The molecule has 1 saturated carbocycles. The highest BCUT2D eigenvalue weighted by molar-refractivity contribution is 5.58. The second-order valence-corrected chi connectivity index (χ2v) is 4.88. The highest BCUT2D eigenvalue weighted by atomic mass is 16.7. The van der Waals surface area contributed by atoms with Gasteiger partial charge in [-0.3, -0.25) is 0 Å². The standard InChI is InChI=1S/C14H19NO4/c1-10(14(7-8-14)19-13(16)17)15-9-11-3-5-12(18-2)6-4-11/h3-6,10,15H,7-9H2,1-2H3,(H,16,17)/t10-/m1/s1. The molecule has 104 valence electrons. The summed E-state index contributed by atoms with van der Waals surface area (Å²) in [5, 5.41) is 12.0. The first-order valence-corrected chi connectivity index (χ1v) is 6.34. The van der Waals surface area contributed by atoms with E-state index in [1.54, 1.807) is 7.11 Å². The largest absolute Gasteiger partial charge is 0.506 e. The summed E-state index contributed by atoms with van der Waals surface area (Å²) in [6.07, 6.45) is 0.377. The molecule has 19 heavy (non-hydrogen) atoms. The molecule has 0 aliphatic heterocycles. The third-order valence-corrected chi connectivity index (χ3v) is 3.59. The van der Waals surface area contributed by atoms with E-state index in [2.05, 4.69) is 5.32 Å². The minimum Gasteiger partial charge on any atom is -0.497 e. The van der Waals surface area contributed by atoms with Crippen LogP contribution in [0.5, 0.6) is 5.75 Å². The third kappa shape index (κ3) is 3.38. The highest BCUT2D eigenvalue weighted by Crippen LogP contribution is 2.42. The molecule has 0 aromatic heterocycles. The van der Waals surface area contributed by atoms with Gasteiger partial charge in [-0.2, -0.15) is 0 Å². The summed E-state index contributed by atoms with van der Waals surface area (Å²) >= 11 is 0. The van der Waals surface area contributed by atoms with Gasteiger partial charge < -0.3 is 19.9 Å². The van der Waals surface area contributed by atoms with Gasteiger partial charge in [-0.1, -0.05) is 12.1 Å². The predicted molar refractivity (Wildman–Crippen MR) is 70.4 cm³/mol. The summed E-state index contributed by atoms with van der Waals surface area (Å²) < 4.78 is 10.1. The Morgan fingerprint density at radius 1 is 1.42 bits per heavy atom. The lowest BCUT2D eigenvalue weighted by Crippen LogP contribution is -2.41. The van der Waals surface area contributed by atoms with Crippen molar-refractivity contribution in [2.45, 2.75) is 38.0 Å². The molecular formula is C14H19NO4. The zero-order valence-electron chi connectivity index (χ0n) is 11.2. The van der Waals surface area contributed by atoms with Crippen LogP contribution in [-0.4, -0.2) is 30.0 Å². The van der Waals surface area contributed by atoms with E-state index in [-0.39, 0.29) is 6.04 Å². The van der Waals surface area contributed by atoms with Crippen LogP contribution in [0.15, 0.2) is 24.3 Å². The van der Waals surface area contributed by atoms with Crippen molar-refractivity contribution in [2.75, 3.05) is 7.11 Å². The Morgan fingerprint density at radius 2 is 2.05 bits per heavy atom. The van der Waals surface area contributed by atoms with E-state index in [1.807, 2.05) is 31.2 Å². The molecule has 1 aromatic rings. The van der Waals surface area contributed by atoms with Crippen LogP contribution in [0.2, 0.25) is 0 Å². The van der Waals surface area contributed by atoms with Crippen molar-refractivity contribution in [1.29, 1.82) is 0 Å². The fourth-order valence-corrected chi connectivity index (χ4v) is 2.12. The van der Waals surface area contributed by atoms with E-state index in [4.69, 9.17) is 14.6 Å². The number of carbonyl (C=O) groups is 1. The molecule has 1 fully saturated rings. The Labute approximate surface area is 112 Å². The molecule has 1 aliphatic rings. The van der Waals surface area contributed by atoms with Crippen molar-refractivity contribution in [2.24, 2.45) is 0 Å². The number of nitrogens with one attached hydrogen (secondary N) is 1. The molecule has 1 aliphatic carbocycles. The van der Waals surface area contributed by atoms with Gasteiger partial charge >= 0.3 is 6.16 Å². The first kappa shape index (κ1) is 13.7. The average Bonchev–Trinajstić information content (AvgIpc) is 3.16. The van der Waals surface area contributed by atoms with E-state index in [9.17, 15) is 4.79 Å². The summed E-state index contributed by atoms with van der Waals surface area (Å²) in [5.41, 5.74) is 0.594. The molecule has 0 unspecified atom stereocenters. The summed E-state index contributed by atoms with van der Waals surface area (Å²) in [4.78, 5) is 10.6. The number of rotatable bonds is 6. The normalized spacial score (nSPS) is 17.6. The molecule has 1 aromatic carbocycles. The number of hydrogen-bond donors (Lipinski definition) is 2.